The van der Waals surface area contributed by atoms with Crippen molar-refractivity contribution in [2.75, 3.05) is 26.9 Å². The summed E-state index contributed by atoms with van der Waals surface area (Å²) in [6.45, 7) is 3.32. The lowest BCUT2D eigenvalue weighted by atomic mass is 9.91. The third kappa shape index (κ3) is 4.79. The second kappa shape index (κ2) is 9.33. The minimum atomic E-state index is -0.603. The first-order valence-electron chi connectivity index (χ1n) is 10.3. The number of ether oxygens (including phenoxy) is 4. The van der Waals surface area contributed by atoms with Gasteiger partial charge < -0.3 is 18.9 Å². The van der Waals surface area contributed by atoms with Crippen molar-refractivity contribution in [1.82, 2.24) is 0 Å². The van der Waals surface area contributed by atoms with Crippen molar-refractivity contribution in [2.24, 2.45) is 0 Å². The molecule has 5 nitrogen and oxygen atoms in total. The molecular formula is C26H26O5. The normalized spacial score (nSPS) is 14.5. The molecule has 4 rings (SSSR count). The van der Waals surface area contributed by atoms with Crippen molar-refractivity contribution in [1.29, 1.82) is 0 Å². The van der Waals surface area contributed by atoms with E-state index in [0.29, 0.717) is 19.8 Å². The highest BCUT2D eigenvalue weighted by Gasteiger charge is 2.42. The molecule has 0 aliphatic carbocycles. The summed E-state index contributed by atoms with van der Waals surface area (Å²) >= 11 is 0. The standard InChI is InChI=1S/C26H26O5/c1-19-6-3-4-9-24(19)21-8-5-7-20(14-21)15-30-23-12-10-22(11-13-23)26(17-29-18-26)31-16-25(27)28-2/h3-14H,15-18H2,1-2H3. The zero-order valence-corrected chi connectivity index (χ0v) is 17.8. The van der Waals surface area contributed by atoms with Gasteiger partial charge in [0.2, 0.25) is 0 Å². The second-order valence-electron chi connectivity index (χ2n) is 7.68. The lowest BCUT2D eigenvalue weighted by Crippen LogP contribution is -2.49. The lowest BCUT2D eigenvalue weighted by molar-refractivity contribution is -0.220. The van der Waals surface area contributed by atoms with Crippen LogP contribution in [0.1, 0.15) is 16.7 Å². The van der Waals surface area contributed by atoms with Gasteiger partial charge in [0.25, 0.3) is 0 Å². The number of methoxy groups -OCH3 is 1. The molecule has 1 saturated heterocycles. The molecular weight excluding hydrogens is 392 g/mol. The van der Waals surface area contributed by atoms with Gasteiger partial charge in [0.05, 0.1) is 20.3 Å². The predicted molar refractivity (Wildman–Crippen MR) is 118 cm³/mol. The highest BCUT2D eigenvalue weighted by atomic mass is 16.6. The molecule has 0 saturated carbocycles. The van der Waals surface area contributed by atoms with E-state index in [4.69, 9.17) is 14.2 Å². The molecule has 3 aromatic carbocycles. The first-order valence-corrected chi connectivity index (χ1v) is 10.3. The van der Waals surface area contributed by atoms with Gasteiger partial charge in [-0.2, -0.15) is 0 Å². The predicted octanol–water partition coefficient (Wildman–Crippen LogP) is 4.66. The molecule has 0 unspecified atom stereocenters. The van der Waals surface area contributed by atoms with Gasteiger partial charge in [0.15, 0.2) is 0 Å². The van der Waals surface area contributed by atoms with E-state index in [1.54, 1.807) is 0 Å². The smallest absolute Gasteiger partial charge is 0.331 e. The molecule has 1 aliphatic rings. The van der Waals surface area contributed by atoms with Crippen molar-refractivity contribution in [2.45, 2.75) is 19.1 Å². The van der Waals surface area contributed by atoms with E-state index in [-0.39, 0.29) is 6.61 Å². The average molecular weight is 418 g/mol. The second-order valence-corrected chi connectivity index (χ2v) is 7.68. The van der Waals surface area contributed by atoms with Crippen LogP contribution in [-0.4, -0.2) is 32.9 Å². The van der Waals surface area contributed by atoms with Crippen molar-refractivity contribution < 1.29 is 23.7 Å². The topological polar surface area (TPSA) is 54.0 Å². The quantitative estimate of drug-likeness (QED) is 0.498. The fraction of sp³-hybridized carbons (Fsp3) is 0.269. The first kappa shape index (κ1) is 21.1. The van der Waals surface area contributed by atoms with Crippen LogP contribution in [0.2, 0.25) is 0 Å². The van der Waals surface area contributed by atoms with Crippen LogP contribution >= 0.6 is 0 Å². The minimum absolute atomic E-state index is 0.102. The van der Waals surface area contributed by atoms with Crippen LogP contribution in [0.25, 0.3) is 11.1 Å². The molecule has 5 heteroatoms. The Morgan fingerprint density at radius 1 is 1.00 bits per heavy atom. The summed E-state index contributed by atoms with van der Waals surface area (Å²) in [5.41, 5.74) is 5.12. The molecule has 1 heterocycles. The van der Waals surface area contributed by atoms with E-state index < -0.39 is 11.6 Å². The third-order valence-electron chi connectivity index (χ3n) is 5.53. The number of carbonyl (C=O) groups excluding carboxylic acids is 1. The molecule has 0 aromatic heterocycles. The van der Waals surface area contributed by atoms with Crippen LogP contribution < -0.4 is 4.74 Å². The maximum atomic E-state index is 11.4. The van der Waals surface area contributed by atoms with Crippen molar-refractivity contribution in [3.8, 4) is 16.9 Å². The van der Waals surface area contributed by atoms with Crippen LogP contribution in [0.15, 0.2) is 72.8 Å². The Morgan fingerprint density at radius 2 is 1.77 bits per heavy atom. The van der Waals surface area contributed by atoms with Gasteiger partial charge in [-0.3, -0.25) is 0 Å². The maximum absolute atomic E-state index is 11.4. The van der Waals surface area contributed by atoms with Gasteiger partial charge in [0.1, 0.15) is 24.6 Å². The summed E-state index contributed by atoms with van der Waals surface area (Å²) in [5, 5.41) is 0. The van der Waals surface area contributed by atoms with Gasteiger partial charge in [-0.05, 0) is 52.9 Å². The first-order chi connectivity index (χ1) is 15.1. The Kier molecular flexibility index (Phi) is 6.35. The van der Waals surface area contributed by atoms with Crippen LogP contribution in [0.5, 0.6) is 5.75 Å². The largest absolute Gasteiger partial charge is 0.489 e. The minimum Gasteiger partial charge on any atom is -0.489 e. The molecule has 0 amide bonds. The molecule has 0 radical (unpaired) electrons. The highest BCUT2D eigenvalue weighted by molar-refractivity contribution is 5.70. The van der Waals surface area contributed by atoms with Gasteiger partial charge in [-0.15, -0.1) is 0 Å². The lowest BCUT2D eigenvalue weighted by Gasteiger charge is -2.41. The molecule has 31 heavy (non-hydrogen) atoms. The third-order valence-corrected chi connectivity index (χ3v) is 5.53. The van der Waals surface area contributed by atoms with E-state index in [1.165, 1.54) is 23.8 Å². The molecule has 0 atom stereocenters. The zero-order valence-electron chi connectivity index (χ0n) is 17.8. The summed E-state index contributed by atoms with van der Waals surface area (Å²) in [6, 6.07) is 24.5. The Morgan fingerprint density at radius 3 is 2.45 bits per heavy atom. The fourth-order valence-corrected chi connectivity index (χ4v) is 3.62. The Balaban J connectivity index is 1.40. The van der Waals surface area contributed by atoms with Crippen LogP contribution in [0.3, 0.4) is 0 Å². The van der Waals surface area contributed by atoms with Gasteiger partial charge >= 0.3 is 5.97 Å². The molecule has 0 spiro atoms. The Labute approximate surface area is 182 Å². The summed E-state index contributed by atoms with van der Waals surface area (Å²) in [4.78, 5) is 11.4. The number of hydrogen-bond acceptors (Lipinski definition) is 5. The van der Waals surface area contributed by atoms with E-state index >= 15 is 0 Å². The molecule has 0 N–H and O–H groups in total. The number of carbonyl (C=O) groups is 1. The van der Waals surface area contributed by atoms with Crippen LogP contribution in [0, 0.1) is 6.92 Å². The molecule has 0 bridgehead atoms. The highest BCUT2D eigenvalue weighted by Crippen LogP contribution is 2.34. The van der Waals surface area contributed by atoms with Gasteiger partial charge in [0, 0.05) is 0 Å². The van der Waals surface area contributed by atoms with Crippen molar-refractivity contribution in [3.05, 3.63) is 89.5 Å². The monoisotopic (exact) mass is 418 g/mol. The summed E-state index contributed by atoms with van der Waals surface area (Å²) in [7, 11) is 1.35. The van der Waals surface area contributed by atoms with E-state index in [9.17, 15) is 4.79 Å². The summed E-state index contributed by atoms with van der Waals surface area (Å²) in [6.07, 6.45) is 0. The van der Waals surface area contributed by atoms with Crippen molar-refractivity contribution in [3.63, 3.8) is 0 Å². The van der Waals surface area contributed by atoms with E-state index in [0.717, 1.165) is 16.9 Å². The Hall–Kier alpha value is -3.15. The van der Waals surface area contributed by atoms with Gasteiger partial charge in [-0.1, -0.05) is 54.6 Å². The van der Waals surface area contributed by atoms with E-state index in [1.807, 2.05) is 24.3 Å². The molecule has 1 fully saturated rings. The zero-order chi connectivity index (χ0) is 21.7. The van der Waals surface area contributed by atoms with Gasteiger partial charge in [-0.25, -0.2) is 4.79 Å². The van der Waals surface area contributed by atoms with Crippen molar-refractivity contribution >= 4 is 5.97 Å². The summed E-state index contributed by atoms with van der Waals surface area (Å²) < 4.78 is 21.8. The summed E-state index contributed by atoms with van der Waals surface area (Å²) in [5.74, 6) is 0.368. The number of benzene rings is 3. The molecule has 160 valence electrons. The molecule has 3 aromatic rings. The number of aryl methyl sites for hydroxylation is 1. The van der Waals surface area contributed by atoms with Crippen LogP contribution in [0.4, 0.5) is 0 Å². The number of hydrogen-bond donors (Lipinski definition) is 0. The van der Waals surface area contributed by atoms with E-state index in [2.05, 4.69) is 60.2 Å². The van der Waals surface area contributed by atoms with Crippen LogP contribution in [-0.2, 0) is 31.2 Å². The number of esters is 1. The fourth-order valence-electron chi connectivity index (χ4n) is 3.62. The number of rotatable bonds is 8. The molecule has 1 aliphatic heterocycles. The Bertz CT molecular complexity index is 1040. The SMILES string of the molecule is COC(=O)COC1(c2ccc(OCc3cccc(-c4ccccc4C)c3)cc2)COC1. The maximum Gasteiger partial charge on any atom is 0.331 e. The average Bonchev–Trinajstić information content (AvgIpc) is 2.78.